The summed E-state index contributed by atoms with van der Waals surface area (Å²) in [6.45, 7) is 2.40. The molecule has 0 saturated heterocycles. The van der Waals surface area contributed by atoms with Gasteiger partial charge in [0, 0.05) is 12.6 Å². The molecule has 0 heterocycles. The predicted molar refractivity (Wildman–Crippen MR) is 71.2 cm³/mol. The number of carbonyl (C=O) groups is 1. The van der Waals surface area contributed by atoms with Crippen LogP contribution in [0.25, 0.3) is 0 Å². The normalized spacial score (nSPS) is 12.2. The predicted octanol–water partition coefficient (Wildman–Crippen LogP) is 2.73. The quantitative estimate of drug-likeness (QED) is 0.837. The average molecular weight is 273 g/mol. The Balaban J connectivity index is 2.72. The number of amides is 1. The summed E-state index contributed by atoms with van der Waals surface area (Å²) in [5, 5.41) is 2.67. The highest BCUT2D eigenvalue weighted by Gasteiger charge is 2.16. The summed E-state index contributed by atoms with van der Waals surface area (Å²) < 4.78 is 13.6. The van der Waals surface area contributed by atoms with Crippen molar-refractivity contribution in [1.82, 2.24) is 5.32 Å². The summed E-state index contributed by atoms with van der Waals surface area (Å²) in [4.78, 5) is 11.9. The van der Waals surface area contributed by atoms with E-state index in [9.17, 15) is 9.18 Å². The molecule has 3 N–H and O–H groups in total. The Bertz CT molecular complexity index is 412. The molecular weight excluding hydrogens is 255 g/mol. The minimum atomic E-state index is -0.692. The van der Waals surface area contributed by atoms with Gasteiger partial charge in [0.2, 0.25) is 0 Å². The molecule has 18 heavy (non-hydrogen) atoms. The highest BCUT2D eigenvalue weighted by molar-refractivity contribution is 6.31. The highest BCUT2D eigenvalue weighted by atomic mass is 35.5. The lowest BCUT2D eigenvalue weighted by atomic mass is 10.1. The van der Waals surface area contributed by atoms with Gasteiger partial charge in [-0.05, 0) is 18.6 Å². The molecule has 0 spiro atoms. The lowest BCUT2D eigenvalue weighted by molar-refractivity contribution is 0.0931. The van der Waals surface area contributed by atoms with Crippen LogP contribution in [0, 0.1) is 5.82 Å². The van der Waals surface area contributed by atoms with Crippen LogP contribution in [0.4, 0.5) is 4.39 Å². The van der Waals surface area contributed by atoms with Crippen LogP contribution in [0.5, 0.6) is 0 Å². The maximum Gasteiger partial charge on any atom is 0.254 e. The van der Waals surface area contributed by atoms with Crippen LogP contribution in [0.1, 0.15) is 36.5 Å². The highest BCUT2D eigenvalue weighted by Crippen LogP contribution is 2.17. The van der Waals surface area contributed by atoms with Gasteiger partial charge in [0.15, 0.2) is 5.82 Å². The molecule has 0 aromatic heterocycles. The molecule has 0 aliphatic rings. The van der Waals surface area contributed by atoms with Gasteiger partial charge in [0.25, 0.3) is 5.91 Å². The van der Waals surface area contributed by atoms with Gasteiger partial charge in [0.1, 0.15) is 0 Å². The van der Waals surface area contributed by atoms with Crippen molar-refractivity contribution >= 4 is 17.5 Å². The Morgan fingerprint density at radius 2 is 2.28 bits per heavy atom. The van der Waals surface area contributed by atoms with Crippen molar-refractivity contribution in [2.45, 2.75) is 32.2 Å². The van der Waals surface area contributed by atoms with Crippen LogP contribution in [0.15, 0.2) is 18.2 Å². The smallest absolute Gasteiger partial charge is 0.254 e. The Morgan fingerprint density at radius 3 is 2.89 bits per heavy atom. The third kappa shape index (κ3) is 3.96. The molecule has 0 aliphatic carbocycles. The number of rotatable bonds is 6. The first kappa shape index (κ1) is 14.9. The average Bonchev–Trinajstić information content (AvgIpc) is 2.37. The summed E-state index contributed by atoms with van der Waals surface area (Å²) in [5.74, 6) is -1.16. The van der Waals surface area contributed by atoms with Gasteiger partial charge < -0.3 is 11.1 Å². The van der Waals surface area contributed by atoms with Gasteiger partial charge in [-0.2, -0.15) is 0 Å². The second-order valence-electron chi connectivity index (χ2n) is 4.15. The zero-order valence-corrected chi connectivity index (χ0v) is 11.1. The van der Waals surface area contributed by atoms with Crippen LogP contribution >= 0.6 is 11.6 Å². The number of halogens is 2. The molecule has 1 atom stereocenters. The van der Waals surface area contributed by atoms with Crippen molar-refractivity contribution in [2.75, 3.05) is 6.54 Å². The SMILES string of the molecule is CCCCC(CN)NC(=O)c1cccc(Cl)c1F. The van der Waals surface area contributed by atoms with Gasteiger partial charge in [-0.25, -0.2) is 4.39 Å². The molecule has 1 rings (SSSR count). The molecule has 0 bridgehead atoms. The molecule has 5 heteroatoms. The Labute approximate surface area is 112 Å². The lowest BCUT2D eigenvalue weighted by Crippen LogP contribution is -2.40. The molecule has 0 aliphatic heterocycles. The Morgan fingerprint density at radius 1 is 1.56 bits per heavy atom. The summed E-state index contributed by atoms with van der Waals surface area (Å²) in [7, 11) is 0. The van der Waals surface area contributed by atoms with Crippen LogP contribution in [-0.4, -0.2) is 18.5 Å². The maximum atomic E-state index is 13.6. The molecule has 0 fully saturated rings. The monoisotopic (exact) mass is 272 g/mol. The minimum Gasteiger partial charge on any atom is -0.348 e. The maximum absolute atomic E-state index is 13.6. The van der Waals surface area contributed by atoms with E-state index in [0.29, 0.717) is 6.54 Å². The van der Waals surface area contributed by atoms with Gasteiger partial charge in [-0.3, -0.25) is 4.79 Å². The number of hydrogen-bond acceptors (Lipinski definition) is 2. The number of nitrogens with one attached hydrogen (secondary N) is 1. The molecule has 1 aromatic carbocycles. The number of benzene rings is 1. The molecular formula is C13H18ClFN2O. The van der Waals surface area contributed by atoms with E-state index in [1.54, 1.807) is 6.07 Å². The molecule has 3 nitrogen and oxygen atoms in total. The van der Waals surface area contributed by atoms with Crippen molar-refractivity contribution in [1.29, 1.82) is 0 Å². The number of unbranched alkanes of at least 4 members (excludes halogenated alkanes) is 1. The van der Waals surface area contributed by atoms with E-state index in [4.69, 9.17) is 17.3 Å². The first-order valence-corrected chi connectivity index (χ1v) is 6.42. The minimum absolute atomic E-state index is 0.0440. The molecule has 0 saturated carbocycles. The van der Waals surface area contributed by atoms with E-state index in [1.165, 1.54) is 12.1 Å². The zero-order chi connectivity index (χ0) is 13.5. The second kappa shape index (κ2) is 7.34. The standard InChI is InChI=1S/C13H18ClFN2O/c1-2-3-5-9(8-16)17-13(18)10-6-4-7-11(14)12(10)15/h4,6-7,9H,2-3,5,8,16H2,1H3,(H,17,18). The van der Waals surface area contributed by atoms with E-state index in [-0.39, 0.29) is 16.6 Å². The fourth-order valence-electron chi connectivity index (χ4n) is 1.64. The van der Waals surface area contributed by atoms with Crippen molar-refractivity contribution in [2.24, 2.45) is 5.73 Å². The summed E-state index contributed by atoms with van der Waals surface area (Å²) in [6, 6.07) is 4.23. The third-order valence-corrected chi connectivity index (χ3v) is 3.01. The first-order chi connectivity index (χ1) is 8.60. The van der Waals surface area contributed by atoms with Crippen molar-refractivity contribution in [3.05, 3.63) is 34.6 Å². The molecule has 1 aromatic rings. The van der Waals surface area contributed by atoms with E-state index in [0.717, 1.165) is 19.3 Å². The van der Waals surface area contributed by atoms with Crippen LogP contribution in [0.3, 0.4) is 0 Å². The van der Waals surface area contributed by atoms with E-state index >= 15 is 0 Å². The van der Waals surface area contributed by atoms with Crippen molar-refractivity contribution in [3.63, 3.8) is 0 Å². The van der Waals surface area contributed by atoms with Crippen molar-refractivity contribution < 1.29 is 9.18 Å². The fourth-order valence-corrected chi connectivity index (χ4v) is 1.82. The Hall–Kier alpha value is -1.13. The van der Waals surface area contributed by atoms with Gasteiger partial charge in [-0.15, -0.1) is 0 Å². The number of carbonyl (C=O) groups excluding carboxylic acids is 1. The van der Waals surface area contributed by atoms with E-state index in [2.05, 4.69) is 12.2 Å². The number of hydrogen-bond donors (Lipinski definition) is 2. The van der Waals surface area contributed by atoms with Crippen molar-refractivity contribution in [3.8, 4) is 0 Å². The van der Waals surface area contributed by atoms with E-state index < -0.39 is 11.7 Å². The largest absolute Gasteiger partial charge is 0.348 e. The summed E-state index contributed by atoms with van der Waals surface area (Å²) in [5.41, 5.74) is 5.53. The first-order valence-electron chi connectivity index (χ1n) is 6.05. The molecule has 1 amide bonds. The summed E-state index contributed by atoms with van der Waals surface area (Å²) in [6.07, 6.45) is 2.79. The third-order valence-electron chi connectivity index (χ3n) is 2.72. The number of nitrogens with two attached hydrogens (primary N) is 1. The second-order valence-corrected chi connectivity index (χ2v) is 4.56. The molecule has 0 radical (unpaired) electrons. The van der Waals surface area contributed by atoms with Crippen LogP contribution in [0.2, 0.25) is 5.02 Å². The molecule has 1 unspecified atom stereocenters. The lowest BCUT2D eigenvalue weighted by Gasteiger charge is -2.16. The van der Waals surface area contributed by atoms with Gasteiger partial charge >= 0.3 is 0 Å². The Kier molecular flexibility index (Phi) is 6.09. The fraction of sp³-hybridized carbons (Fsp3) is 0.462. The topological polar surface area (TPSA) is 55.1 Å². The summed E-state index contributed by atoms with van der Waals surface area (Å²) >= 11 is 5.63. The van der Waals surface area contributed by atoms with Gasteiger partial charge in [0.05, 0.1) is 10.6 Å². The molecule has 100 valence electrons. The van der Waals surface area contributed by atoms with Crippen LogP contribution < -0.4 is 11.1 Å². The van der Waals surface area contributed by atoms with E-state index in [1.807, 2.05) is 0 Å². The zero-order valence-electron chi connectivity index (χ0n) is 10.4. The van der Waals surface area contributed by atoms with Crippen LogP contribution in [-0.2, 0) is 0 Å². The van der Waals surface area contributed by atoms with Gasteiger partial charge in [-0.1, -0.05) is 37.4 Å².